The lowest BCUT2D eigenvalue weighted by Gasteiger charge is -2.31. The predicted molar refractivity (Wildman–Crippen MR) is 86.5 cm³/mol. The van der Waals surface area contributed by atoms with Crippen LogP contribution in [0.4, 0.5) is 13.2 Å². The van der Waals surface area contributed by atoms with Crippen molar-refractivity contribution in [3.05, 3.63) is 27.7 Å². The lowest BCUT2D eigenvalue weighted by atomic mass is 9.91. The predicted octanol–water partition coefficient (Wildman–Crippen LogP) is 2.12. The van der Waals surface area contributed by atoms with Crippen LogP contribution in [0.25, 0.3) is 0 Å². The van der Waals surface area contributed by atoms with Crippen molar-refractivity contribution >= 4 is 0 Å². The molecule has 2 N–H and O–H groups in total. The molecular weight excluding hydrogens is 335 g/mol. The zero-order valence-corrected chi connectivity index (χ0v) is 14.1. The van der Waals surface area contributed by atoms with Gasteiger partial charge in [-0.3, -0.25) is 4.79 Å². The molecule has 5 nitrogen and oxygen atoms in total. The number of aliphatic hydroxyl groups is 1. The maximum Gasteiger partial charge on any atom is 0.415 e. The van der Waals surface area contributed by atoms with Gasteiger partial charge >= 0.3 is 6.18 Å². The summed E-state index contributed by atoms with van der Waals surface area (Å²) in [7, 11) is 0. The number of hydrogen-bond acceptors (Lipinski definition) is 4. The zero-order valence-electron chi connectivity index (χ0n) is 14.1. The highest BCUT2D eigenvalue weighted by Crippen LogP contribution is 2.28. The molecule has 25 heavy (non-hydrogen) atoms. The van der Waals surface area contributed by atoms with E-state index < -0.39 is 18.8 Å². The average molecular weight is 359 g/mol. The van der Waals surface area contributed by atoms with Crippen molar-refractivity contribution in [2.75, 3.05) is 6.54 Å². The number of hydrogen-bond donors (Lipinski definition) is 2. The van der Waals surface area contributed by atoms with Crippen molar-refractivity contribution in [1.29, 1.82) is 0 Å². The fraction of sp³-hybridized carbons (Fsp3) is 0.765. The highest BCUT2D eigenvalue weighted by Gasteiger charge is 2.38. The molecule has 3 rings (SSSR count). The molecule has 8 heteroatoms. The van der Waals surface area contributed by atoms with Gasteiger partial charge in [-0.25, -0.2) is 4.68 Å². The van der Waals surface area contributed by atoms with Crippen LogP contribution >= 0.6 is 0 Å². The van der Waals surface area contributed by atoms with Crippen LogP contribution in [0.15, 0.2) is 10.9 Å². The van der Waals surface area contributed by atoms with Crippen molar-refractivity contribution in [3.63, 3.8) is 0 Å². The van der Waals surface area contributed by atoms with Crippen molar-refractivity contribution in [2.45, 2.75) is 75.7 Å². The SMILES string of the molecule is O=c1cc2c(nn1C1CCC(NCC(O)C(F)(F)F)CC1)CCCC2. The normalized spacial score (nSPS) is 25.4. The Morgan fingerprint density at radius 2 is 1.92 bits per heavy atom. The third-order valence-corrected chi connectivity index (χ3v) is 5.25. The Morgan fingerprint density at radius 1 is 1.24 bits per heavy atom. The molecule has 1 saturated carbocycles. The van der Waals surface area contributed by atoms with Gasteiger partial charge in [0.15, 0.2) is 6.10 Å². The topological polar surface area (TPSA) is 67.2 Å². The summed E-state index contributed by atoms with van der Waals surface area (Å²) in [5.41, 5.74) is 1.99. The molecule has 1 heterocycles. The lowest BCUT2D eigenvalue weighted by molar-refractivity contribution is -0.202. The number of nitrogens with one attached hydrogen (secondary N) is 1. The standard InChI is InChI=1S/C17H24F3N3O2/c18-17(19,20)15(24)10-21-12-5-7-13(8-6-12)23-16(25)9-11-3-1-2-4-14(11)22-23/h9,12-13,15,21,24H,1-8,10H2. The van der Waals surface area contributed by atoms with Crippen molar-refractivity contribution in [1.82, 2.24) is 15.1 Å². The summed E-state index contributed by atoms with van der Waals surface area (Å²) in [5.74, 6) is 0. The van der Waals surface area contributed by atoms with Gasteiger partial charge in [-0.05, 0) is 56.9 Å². The maximum atomic E-state index is 12.3. The quantitative estimate of drug-likeness (QED) is 0.864. The average Bonchev–Trinajstić information content (AvgIpc) is 2.58. The van der Waals surface area contributed by atoms with E-state index in [0.29, 0.717) is 25.7 Å². The van der Waals surface area contributed by atoms with Crippen LogP contribution in [-0.4, -0.2) is 39.8 Å². The van der Waals surface area contributed by atoms with Gasteiger partial charge in [0.1, 0.15) is 0 Å². The number of aryl methyl sites for hydroxylation is 2. The van der Waals surface area contributed by atoms with Crippen molar-refractivity contribution in [3.8, 4) is 0 Å². The van der Waals surface area contributed by atoms with Gasteiger partial charge < -0.3 is 10.4 Å². The molecule has 0 saturated heterocycles. The van der Waals surface area contributed by atoms with Crippen LogP contribution in [-0.2, 0) is 12.8 Å². The summed E-state index contributed by atoms with van der Waals surface area (Å²) in [5, 5.41) is 16.4. The van der Waals surface area contributed by atoms with Gasteiger partial charge in [0.25, 0.3) is 5.56 Å². The first-order chi connectivity index (χ1) is 11.8. The van der Waals surface area contributed by atoms with Crippen molar-refractivity contribution in [2.24, 2.45) is 0 Å². The molecule has 1 atom stereocenters. The smallest absolute Gasteiger partial charge is 0.382 e. The van der Waals surface area contributed by atoms with Crippen LogP contribution < -0.4 is 10.9 Å². The second-order valence-electron chi connectivity index (χ2n) is 7.08. The van der Waals surface area contributed by atoms with E-state index in [1.54, 1.807) is 10.7 Å². The van der Waals surface area contributed by atoms with E-state index in [0.717, 1.165) is 36.9 Å². The van der Waals surface area contributed by atoms with Gasteiger partial charge in [-0.1, -0.05) is 0 Å². The monoisotopic (exact) mass is 359 g/mol. The number of alkyl halides is 3. The third-order valence-electron chi connectivity index (χ3n) is 5.25. The largest absolute Gasteiger partial charge is 0.415 e. The van der Waals surface area contributed by atoms with E-state index in [2.05, 4.69) is 10.4 Å². The van der Waals surface area contributed by atoms with Crippen LogP contribution in [0.2, 0.25) is 0 Å². The number of aromatic nitrogens is 2. The molecule has 0 spiro atoms. The van der Waals surface area contributed by atoms with Gasteiger partial charge in [-0.15, -0.1) is 0 Å². The molecular formula is C17H24F3N3O2. The first-order valence-corrected chi connectivity index (χ1v) is 8.94. The number of halogens is 3. The van der Waals surface area contributed by atoms with Gasteiger partial charge in [0.05, 0.1) is 11.7 Å². The molecule has 0 aromatic carbocycles. The molecule has 1 unspecified atom stereocenters. The van der Waals surface area contributed by atoms with Gasteiger partial charge in [0, 0.05) is 18.7 Å². The van der Waals surface area contributed by atoms with Gasteiger partial charge in [-0.2, -0.15) is 18.3 Å². The van der Waals surface area contributed by atoms with Crippen LogP contribution in [0.3, 0.4) is 0 Å². The fourth-order valence-corrected chi connectivity index (χ4v) is 3.76. The number of rotatable bonds is 4. The molecule has 0 amide bonds. The fourth-order valence-electron chi connectivity index (χ4n) is 3.76. The van der Waals surface area contributed by atoms with Gasteiger partial charge in [0.2, 0.25) is 0 Å². The molecule has 0 radical (unpaired) electrons. The molecule has 1 aromatic rings. The maximum absolute atomic E-state index is 12.3. The van der Waals surface area contributed by atoms with Crippen LogP contribution in [0, 0.1) is 0 Å². The van der Waals surface area contributed by atoms with E-state index >= 15 is 0 Å². The Hall–Kier alpha value is -1.41. The summed E-state index contributed by atoms with van der Waals surface area (Å²) in [6.07, 6.45) is -0.189. The zero-order chi connectivity index (χ0) is 18.0. The Kier molecular flexibility index (Phi) is 5.48. The first kappa shape index (κ1) is 18.4. The van der Waals surface area contributed by atoms with E-state index in [1.165, 1.54) is 0 Å². The molecule has 0 bridgehead atoms. The highest BCUT2D eigenvalue weighted by molar-refractivity contribution is 5.20. The minimum absolute atomic E-state index is 0.00492. The van der Waals surface area contributed by atoms with E-state index in [-0.39, 0.29) is 17.6 Å². The number of nitrogens with zero attached hydrogens (tertiary/aromatic N) is 2. The second-order valence-corrected chi connectivity index (χ2v) is 7.08. The first-order valence-electron chi connectivity index (χ1n) is 8.94. The molecule has 140 valence electrons. The van der Waals surface area contributed by atoms with E-state index in [9.17, 15) is 18.0 Å². The molecule has 1 fully saturated rings. The molecule has 2 aliphatic carbocycles. The van der Waals surface area contributed by atoms with E-state index in [1.807, 2.05) is 0 Å². The summed E-state index contributed by atoms with van der Waals surface area (Å²) >= 11 is 0. The Labute approximate surface area is 144 Å². The Bertz CT molecular complexity index is 652. The Morgan fingerprint density at radius 3 is 2.60 bits per heavy atom. The Balaban J connectivity index is 1.57. The summed E-state index contributed by atoms with van der Waals surface area (Å²) < 4.78 is 38.6. The summed E-state index contributed by atoms with van der Waals surface area (Å²) in [4.78, 5) is 12.3. The highest BCUT2D eigenvalue weighted by atomic mass is 19.4. The number of aliphatic hydroxyl groups excluding tert-OH is 1. The van der Waals surface area contributed by atoms with Crippen LogP contribution in [0.5, 0.6) is 0 Å². The summed E-state index contributed by atoms with van der Waals surface area (Å²) in [6, 6.07) is 1.64. The third kappa shape index (κ3) is 4.41. The summed E-state index contributed by atoms with van der Waals surface area (Å²) in [6.45, 7) is -0.490. The second kappa shape index (κ2) is 7.45. The van der Waals surface area contributed by atoms with Crippen molar-refractivity contribution < 1.29 is 18.3 Å². The molecule has 1 aromatic heterocycles. The van der Waals surface area contributed by atoms with E-state index in [4.69, 9.17) is 5.11 Å². The minimum Gasteiger partial charge on any atom is -0.382 e. The molecule has 2 aliphatic rings. The molecule has 0 aliphatic heterocycles. The minimum atomic E-state index is -4.59. The lowest BCUT2D eigenvalue weighted by Crippen LogP contribution is -2.44. The van der Waals surface area contributed by atoms with Crippen LogP contribution in [0.1, 0.15) is 55.8 Å². The number of fused-ring (bicyclic) bond motifs is 1.